The largest absolute Gasteiger partial charge is 0.449 e. The third-order valence-electron chi connectivity index (χ3n) is 4.25. The third-order valence-corrected chi connectivity index (χ3v) is 4.25. The van der Waals surface area contributed by atoms with Gasteiger partial charge in [-0.25, -0.2) is 4.79 Å². The SMILES string of the molecule is C[C@H](OC(=O)c1ccncc1)C(=O)N[C@H]1CCCc2ccccc21. The molecule has 0 spiro atoms. The minimum absolute atomic E-state index is 0.0236. The van der Waals surface area contributed by atoms with Gasteiger partial charge in [-0.2, -0.15) is 0 Å². The Hall–Kier alpha value is -2.69. The smallest absolute Gasteiger partial charge is 0.339 e. The van der Waals surface area contributed by atoms with Crippen LogP contribution in [0.2, 0.25) is 0 Å². The first-order chi connectivity index (χ1) is 11.6. The molecule has 2 atom stereocenters. The predicted molar refractivity (Wildman–Crippen MR) is 89.4 cm³/mol. The number of ether oxygens (including phenoxy) is 1. The number of nitrogens with one attached hydrogen (secondary N) is 1. The van der Waals surface area contributed by atoms with Crippen LogP contribution in [0.1, 0.15) is 47.3 Å². The van der Waals surface area contributed by atoms with E-state index in [2.05, 4.69) is 16.4 Å². The number of hydrogen-bond donors (Lipinski definition) is 1. The van der Waals surface area contributed by atoms with Crippen LogP contribution in [0.25, 0.3) is 0 Å². The fourth-order valence-electron chi connectivity index (χ4n) is 2.96. The zero-order valence-corrected chi connectivity index (χ0v) is 13.6. The van der Waals surface area contributed by atoms with Crippen LogP contribution in [0.3, 0.4) is 0 Å². The number of aryl methyl sites for hydroxylation is 1. The van der Waals surface area contributed by atoms with Gasteiger partial charge in [0.05, 0.1) is 11.6 Å². The van der Waals surface area contributed by atoms with Crippen molar-refractivity contribution in [3.8, 4) is 0 Å². The standard InChI is InChI=1S/C19H20N2O3/c1-13(24-19(23)15-9-11-20-12-10-15)18(22)21-17-8-4-6-14-5-2-3-7-16(14)17/h2-3,5,7,9-13,17H,4,6,8H2,1H3,(H,21,22)/t13-,17-/m0/s1. The summed E-state index contributed by atoms with van der Waals surface area (Å²) in [5.41, 5.74) is 2.81. The van der Waals surface area contributed by atoms with Gasteiger partial charge in [-0.15, -0.1) is 0 Å². The van der Waals surface area contributed by atoms with E-state index in [9.17, 15) is 9.59 Å². The number of fused-ring (bicyclic) bond motifs is 1. The highest BCUT2D eigenvalue weighted by atomic mass is 16.5. The van der Waals surface area contributed by atoms with Crippen molar-refractivity contribution in [3.63, 3.8) is 0 Å². The maximum atomic E-state index is 12.4. The molecular weight excluding hydrogens is 304 g/mol. The molecule has 5 nitrogen and oxygen atoms in total. The first-order valence-electron chi connectivity index (χ1n) is 8.14. The summed E-state index contributed by atoms with van der Waals surface area (Å²) in [4.78, 5) is 28.3. The van der Waals surface area contributed by atoms with E-state index in [1.54, 1.807) is 19.1 Å². The molecule has 0 saturated carbocycles. The van der Waals surface area contributed by atoms with Crippen LogP contribution >= 0.6 is 0 Å². The predicted octanol–water partition coefficient (Wildman–Crippen LogP) is 2.82. The first kappa shape index (κ1) is 16.2. The number of carbonyl (C=O) groups excluding carboxylic acids is 2. The molecule has 24 heavy (non-hydrogen) atoms. The van der Waals surface area contributed by atoms with Crippen molar-refractivity contribution < 1.29 is 14.3 Å². The fraction of sp³-hybridized carbons (Fsp3) is 0.316. The van der Waals surface area contributed by atoms with Crippen molar-refractivity contribution >= 4 is 11.9 Å². The van der Waals surface area contributed by atoms with Gasteiger partial charge in [0.15, 0.2) is 6.10 Å². The monoisotopic (exact) mass is 324 g/mol. The van der Waals surface area contributed by atoms with E-state index in [1.807, 2.05) is 18.2 Å². The molecule has 124 valence electrons. The maximum absolute atomic E-state index is 12.4. The average Bonchev–Trinajstić information content (AvgIpc) is 2.62. The molecular formula is C19H20N2O3. The third kappa shape index (κ3) is 3.62. The lowest BCUT2D eigenvalue weighted by molar-refractivity contribution is -0.130. The van der Waals surface area contributed by atoms with Crippen molar-refractivity contribution in [2.24, 2.45) is 0 Å². The fourth-order valence-corrected chi connectivity index (χ4v) is 2.96. The topological polar surface area (TPSA) is 68.3 Å². The molecule has 1 aliphatic rings. The molecule has 0 fully saturated rings. The maximum Gasteiger partial charge on any atom is 0.339 e. The molecule has 1 heterocycles. The number of aromatic nitrogens is 1. The molecule has 0 aliphatic heterocycles. The Labute approximate surface area is 141 Å². The van der Waals surface area contributed by atoms with Crippen molar-refractivity contribution in [2.45, 2.75) is 38.3 Å². The Balaban J connectivity index is 1.62. The van der Waals surface area contributed by atoms with E-state index in [0.717, 1.165) is 24.8 Å². The summed E-state index contributed by atoms with van der Waals surface area (Å²) in [5, 5.41) is 3.00. The van der Waals surface area contributed by atoms with Gasteiger partial charge in [0, 0.05) is 12.4 Å². The lowest BCUT2D eigenvalue weighted by atomic mass is 9.87. The van der Waals surface area contributed by atoms with Crippen LogP contribution in [0.4, 0.5) is 0 Å². The Morgan fingerprint density at radius 2 is 1.96 bits per heavy atom. The van der Waals surface area contributed by atoms with E-state index in [4.69, 9.17) is 4.74 Å². The minimum Gasteiger partial charge on any atom is -0.449 e. The van der Waals surface area contributed by atoms with E-state index in [1.165, 1.54) is 18.0 Å². The van der Waals surface area contributed by atoms with Gasteiger partial charge in [-0.1, -0.05) is 24.3 Å². The van der Waals surface area contributed by atoms with E-state index < -0.39 is 12.1 Å². The van der Waals surface area contributed by atoms with Gasteiger partial charge >= 0.3 is 5.97 Å². The van der Waals surface area contributed by atoms with Gasteiger partial charge in [-0.05, 0) is 49.4 Å². The summed E-state index contributed by atoms with van der Waals surface area (Å²) in [6.45, 7) is 1.59. The number of rotatable bonds is 4. The molecule has 0 saturated heterocycles. The highest BCUT2D eigenvalue weighted by Crippen LogP contribution is 2.29. The van der Waals surface area contributed by atoms with Crippen LogP contribution < -0.4 is 5.32 Å². The summed E-state index contributed by atoms with van der Waals surface area (Å²) >= 11 is 0. The molecule has 0 bridgehead atoms. The zero-order valence-electron chi connectivity index (χ0n) is 13.6. The normalized spacial score (nSPS) is 17.5. The van der Waals surface area contributed by atoms with Crippen molar-refractivity contribution in [1.82, 2.24) is 10.3 Å². The molecule has 1 aromatic carbocycles. The van der Waals surface area contributed by atoms with Crippen molar-refractivity contribution in [2.75, 3.05) is 0 Å². The number of carbonyl (C=O) groups is 2. The molecule has 0 radical (unpaired) electrons. The van der Waals surface area contributed by atoms with E-state index in [-0.39, 0.29) is 11.9 Å². The lowest BCUT2D eigenvalue weighted by Crippen LogP contribution is -2.39. The highest BCUT2D eigenvalue weighted by Gasteiger charge is 2.25. The molecule has 0 unspecified atom stereocenters. The summed E-state index contributed by atoms with van der Waals surface area (Å²) in [7, 11) is 0. The summed E-state index contributed by atoms with van der Waals surface area (Å²) in [5.74, 6) is -0.803. The summed E-state index contributed by atoms with van der Waals surface area (Å²) in [6.07, 6.45) is 5.15. The minimum atomic E-state index is -0.847. The number of nitrogens with zero attached hydrogens (tertiary/aromatic N) is 1. The molecule has 3 rings (SSSR count). The number of amides is 1. The van der Waals surface area contributed by atoms with Crippen LogP contribution in [0.5, 0.6) is 0 Å². The summed E-state index contributed by atoms with van der Waals surface area (Å²) in [6, 6.07) is 11.2. The van der Waals surface area contributed by atoms with E-state index in [0.29, 0.717) is 5.56 Å². The Kier molecular flexibility index (Phi) is 4.89. The Bertz CT molecular complexity index is 730. The molecule has 1 amide bonds. The number of benzene rings is 1. The van der Waals surface area contributed by atoms with Gasteiger partial charge in [0.1, 0.15) is 0 Å². The van der Waals surface area contributed by atoms with E-state index >= 15 is 0 Å². The Morgan fingerprint density at radius 1 is 1.21 bits per heavy atom. The molecule has 1 N–H and O–H groups in total. The van der Waals surface area contributed by atoms with Gasteiger partial charge in [0.25, 0.3) is 5.91 Å². The van der Waals surface area contributed by atoms with Crippen LogP contribution in [-0.2, 0) is 16.0 Å². The molecule has 5 heteroatoms. The first-order valence-corrected chi connectivity index (χ1v) is 8.14. The molecule has 1 aromatic heterocycles. The second-order valence-electron chi connectivity index (χ2n) is 5.94. The summed E-state index contributed by atoms with van der Waals surface area (Å²) < 4.78 is 5.25. The highest BCUT2D eigenvalue weighted by molar-refractivity contribution is 5.92. The van der Waals surface area contributed by atoms with Crippen molar-refractivity contribution in [1.29, 1.82) is 0 Å². The second kappa shape index (κ2) is 7.25. The average molecular weight is 324 g/mol. The van der Waals surface area contributed by atoms with Crippen LogP contribution in [0.15, 0.2) is 48.8 Å². The lowest BCUT2D eigenvalue weighted by Gasteiger charge is -2.27. The van der Waals surface area contributed by atoms with Crippen LogP contribution in [-0.4, -0.2) is 23.0 Å². The number of esters is 1. The molecule has 1 aliphatic carbocycles. The number of hydrogen-bond acceptors (Lipinski definition) is 4. The van der Waals surface area contributed by atoms with Crippen molar-refractivity contribution in [3.05, 3.63) is 65.5 Å². The molecule has 2 aromatic rings. The Morgan fingerprint density at radius 3 is 2.75 bits per heavy atom. The van der Waals surface area contributed by atoms with Gasteiger partial charge < -0.3 is 10.1 Å². The quantitative estimate of drug-likeness (QED) is 0.878. The van der Waals surface area contributed by atoms with Gasteiger partial charge in [0.2, 0.25) is 0 Å². The van der Waals surface area contributed by atoms with Crippen LogP contribution in [0, 0.1) is 0 Å². The zero-order chi connectivity index (χ0) is 16.9. The second-order valence-corrected chi connectivity index (χ2v) is 5.94. The van der Waals surface area contributed by atoms with Gasteiger partial charge in [-0.3, -0.25) is 9.78 Å². The number of pyridine rings is 1.